The monoisotopic (exact) mass is 225 g/mol. The van der Waals surface area contributed by atoms with Gasteiger partial charge in [0.25, 0.3) is 0 Å². The zero-order valence-electron chi connectivity index (χ0n) is 10.1. The van der Waals surface area contributed by atoms with E-state index in [-0.39, 0.29) is 0 Å². The highest BCUT2D eigenvalue weighted by molar-refractivity contribution is 5.88. The largest absolute Gasteiger partial charge is 0.378 e. The van der Waals surface area contributed by atoms with Crippen LogP contribution in [0, 0.1) is 0 Å². The molecule has 2 rings (SSSR count). The molecule has 0 N–H and O–H groups in total. The lowest BCUT2D eigenvalue weighted by Crippen LogP contribution is -2.07. The maximum absolute atomic E-state index is 10.3. The number of aldehydes is 1. The van der Waals surface area contributed by atoms with Crippen molar-refractivity contribution in [1.82, 2.24) is 0 Å². The number of anilines is 1. The molecule has 2 aromatic rings. The summed E-state index contributed by atoms with van der Waals surface area (Å²) in [5.74, 6) is 0. The molecule has 0 aliphatic carbocycles. The SMILES string of the molecule is CN(C)c1ccc2cc(/C=C/C=O)ccc2c1. The first-order valence-electron chi connectivity index (χ1n) is 5.54. The van der Waals surface area contributed by atoms with Crippen LogP contribution < -0.4 is 4.90 Å². The summed E-state index contributed by atoms with van der Waals surface area (Å²) in [6.45, 7) is 0. The smallest absolute Gasteiger partial charge is 0.142 e. The van der Waals surface area contributed by atoms with Crippen LogP contribution in [0.15, 0.2) is 42.5 Å². The van der Waals surface area contributed by atoms with Crippen molar-refractivity contribution in [2.45, 2.75) is 0 Å². The summed E-state index contributed by atoms with van der Waals surface area (Å²) < 4.78 is 0. The maximum atomic E-state index is 10.3. The standard InChI is InChI=1S/C15H15NO/c1-16(2)15-8-7-13-10-12(4-3-9-17)5-6-14(13)11-15/h3-11H,1-2H3/b4-3+. The van der Waals surface area contributed by atoms with Crippen LogP contribution in [0.1, 0.15) is 5.56 Å². The second-order valence-electron chi connectivity index (χ2n) is 4.18. The molecule has 0 saturated heterocycles. The molecule has 0 spiro atoms. The van der Waals surface area contributed by atoms with Crippen LogP contribution in [0.4, 0.5) is 5.69 Å². The molecular weight excluding hydrogens is 210 g/mol. The molecule has 0 radical (unpaired) electrons. The van der Waals surface area contributed by atoms with Gasteiger partial charge in [0.2, 0.25) is 0 Å². The summed E-state index contributed by atoms with van der Waals surface area (Å²) in [5, 5.41) is 2.39. The second kappa shape index (κ2) is 4.83. The Balaban J connectivity index is 2.46. The number of fused-ring (bicyclic) bond motifs is 1. The van der Waals surface area contributed by atoms with Crippen LogP contribution in [-0.4, -0.2) is 20.4 Å². The van der Waals surface area contributed by atoms with E-state index in [1.165, 1.54) is 22.5 Å². The minimum atomic E-state index is 0.791. The summed E-state index contributed by atoms with van der Waals surface area (Å²) in [6.07, 6.45) is 4.11. The summed E-state index contributed by atoms with van der Waals surface area (Å²) in [4.78, 5) is 12.4. The van der Waals surface area contributed by atoms with Gasteiger partial charge in [0, 0.05) is 19.8 Å². The number of carbonyl (C=O) groups is 1. The number of allylic oxidation sites excluding steroid dienone is 1. The average Bonchev–Trinajstić information content (AvgIpc) is 2.35. The van der Waals surface area contributed by atoms with E-state index >= 15 is 0 Å². The molecule has 2 heteroatoms. The van der Waals surface area contributed by atoms with Crippen molar-refractivity contribution in [2.24, 2.45) is 0 Å². The Labute approximate surface area is 101 Å². The molecule has 0 atom stereocenters. The van der Waals surface area contributed by atoms with Crippen molar-refractivity contribution in [3.8, 4) is 0 Å². The highest BCUT2D eigenvalue weighted by atomic mass is 16.1. The second-order valence-corrected chi connectivity index (χ2v) is 4.18. The van der Waals surface area contributed by atoms with E-state index in [0.29, 0.717) is 0 Å². The van der Waals surface area contributed by atoms with Gasteiger partial charge in [0.05, 0.1) is 0 Å². The normalized spacial score (nSPS) is 10.9. The minimum absolute atomic E-state index is 0.791. The van der Waals surface area contributed by atoms with Crippen LogP contribution in [0.2, 0.25) is 0 Å². The molecule has 17 heavy (non-hydrogen) atoms. The van der Waals surface area contributed by atoms with Gasteiger partial charge in [-0.15, -0.1) is 0 Å². The summed E-state index contributed by atoms with van der Waals surface area (Å²) in [6, 6.07) is 12.5. The van der Waals surface area contributed by atoms with Crippen LogP contribution in [0.25, 0.3) is 16.8 Å². The predicted octanol–water partition coefficient (Wildman–Crippen LogP) is 3.12. The van der Waals surface area contributed by atoms with E-state index in [1.54, 1.807) is 0 Å². The van der Waals surface area contributed by atoms with Gasteiger partial charge in [-0.3, -0.25) is 4.79 Å². The van der Waals surface area contributed by atoms with E-state index in [0.717, 1.165) is 11.8 Å². The van der Waals surface area contributed by atoms with Crippen LogP contribution in [0.5, 0.6) is 0 Å². The Morgan fingerprint density at radius 3 is 2.41 bits per heavy atom. The van der Waals surface area contributed by atoms with E-state index < -0.39 is 0 Å². The first-order chi connectivity index (χ1) is 8.20. The van der Waals surface area contributed by atoms with Crippen molar-refractivity contribution in [3.05, 3.63) is 48.0 Å². The number of carbonyl (C=O) groups excluding carboxylic acids is 1. The summed E-state index contributed by atoms with van der Waals surface area (Å²) in [5.41, 5.74) is 2.23. The van der Waals surface area contributed by atoms with Gasteiger partial charge in [0.1, 0.15) is 6.29 Å². The van der Waals surface area contributed by atoms with Crippen LogP contribution >= 0.6 is 0 Å². The Morgan fingerprint density at radius 1 is 1.00 bits per heavy atom. The molecule has 0 aliphatic heterocycles. The summed E-state index contributed by atoms with van der Waals surface area (Å²) >= 11 is 0. The number of nitrogens with zero attached hydrogens (tertiary/aromatic N) is 1. The third-order valence-corrected chi connectivity index (χ3v) is 2.73. The van der Waals surface area contributed by atoms with E-state index in [2.05, 4.69) is 35.2 Å². The zero-order valence-corrected chi connectivity index (χ0v) is 10.1. The minimum Gasteiger partial charge on any atom is -0.378 e. The topological polar surface area (TPSA) is 20.3 Å². The van der Waals surface area contributed by atoms with Gasteiger partial charge < -0.3 is 4.90 Å². The predicted molar refractivity (Wildman–Crippen MR) is 73.4 cm³/mol. The van der Waals surface area contributed by atoms with Gasteiger partial charge in [0.15, 0.2) is 0 Å². The molecule has 0 heterocycles. The average molecular weight is 225 g/mol. The van der Waals surface area contributed by atoms with E-state index in [4.69, 9.17) is 0 Å². The fourth-order valence-corrected chi connectivity index (χ4v) is 1.78. The molecule has 0 fully saturated rings. The number of benzene rings is 2. The molecule has 0 aromatic heterocycles. The van der Waals surface area contributed by atoms with Gasteiger partial charge in [-0.05, 0) is 40.6 Å². The summed E-state index contributed by atoms with van der Waals surface area (Å²) in [7, 11) is 4.06. The Morgan fingerprint density at radius 2 is 1.71 bits per heavy atom. The van der Waals surface area contributed by atoms with Crippen molar-refractivity contribution < 1.29 is 4.79 Å². The maximum Gasteiger partial charge on any atom is 0.142 e. The fourth-order valence-electron chi connectivity index (χ4n) is 1.78. The van der Waals surface area contributed by atoms with Crippen LogP contribution in [0.3, 0.4) is 0 Å². The molecule has 0 amide bonds. The molecule has 0 saturated carbocycles. The fraction of sp³-hybridized carbons (Fsp3) is 0.133. The van der Waals surface area contributed by atoms with Crippen molar-refractivity contribution >= 4 is 28.8 Å². The van der Waals surface area contributed by atoms with Crippen LogP contribution in [-0.2, 0) is 4.79 Å². The van der Waals surface area contributed by atoms with Crippen molar-refractivity contribution in [1.29, 1.82) is 0 Å². The molecule has 2 nitrogen and oxygen atoms in total. The van der Waals surface area contributed by atoms with E-state index in [1.807, 2.05) is 26.2 Å². The molecule has 0 bridgehead atoms. The third kappa shape index (κ3) is 2.53. The Hall–Kier alpha value is -2.09. The van der Waals surface area contributed by atoms with Gasteiger partial charge in [-0.1, -0.05) is 24.3 Å². The lowest BCUT2D eigenvalue weighted by atomic mass is 10.1. The van der Waals surface area contributed by atoms with Gasteiger partial charge >= 0.3 is 0 Å². The molecule has 0 unspecified atom stereocenters. The van der Waals surface area contributed by atoms with Gasteiger partial charge in [-0.2, -0.15) is 0 Å². The zero-order chi connectivity index (χ0) is 12.3. The molecule has 0 aliphatic rings. The lowest BCUT2D eigenvalue weighted by molar-refractivity contribution is -0.104. The first-order valence-corrected chi connectivity index (χ1v) is 5.54. The quantitative estimate of drug-likeness (QED) is 0.591. The highest BCUT2D eigenvalue weighted by Gasteiger charge is 1.98. The lowest BCUT2D eigenvalue weighted by Gasteiger charge is -2.13. The number of hydrogen-bond donors (Lipinski definition) is 0. The molecule has 86 valence electrons. The van der Waals surface area contributed by atoms with E-state index in [9.17, 15) is 4.79 Å². The highest BCUT2D eigenvalue weighted by Crippen LogP contribution is 2.22. The Bertz CT molecular complexity index is 570. The molecule has 2 aromatic carbocycles. The van der Waals surface area contributed by atoms with Gasteiger partial charge in [-0.25, -0.2) is 0 Å². The van der Waals surface area contributed by atoms with Crippen molar-refractivity contribution in [2.75, 3.05) is 19.0 Å². The van der Waals surface area contributed by atoms with Crippen molar-refractivity contribution in [3.63, 3.8) is 0 Å². The third-order valence-electron chi connectivity index (χ3n) is 2.73. The Kier molecular flexibility index (Phi) is 3.24. The number of hydrogen-bond acceptors (Lipinski definition) is 2. The molecular formula is C15H15NO. The first kappa shape index (κ1) is 11.4. The number of rotatable bonds is 3.